The molecule has 1 aromatic heterocycles. The first-order valence-electron chi connectivity index (χ1n) is 5.72. The van der Waals surface area contributed by atoms with Gasteiger partial charge < -0.3 is 0 Å². The monoisotopic (exact) mass is 259 g/mol. The molecule has 0 unspecified atom stereocenters. The normalized spacial score (nSPS) is 11.3. The summed E-state index contributed by atoms with van der Waals surface area (Å²) in [6.07, 6.45) is 2.43. The van der Waals surface area contributed by atoms with Crippen LogP contribution in [0.25, 0.3) is 0 Å². The van der Waals surface area contributed by atoms with Crippen LogP contribution in [0.1, 0.15) is 35.5 Å². The van der Waals surface area contributed by atoms with Crippen molar-refractivity contribution in [3.8, 4) is 0 Å². The number of nitrogens with zero attached hydrogens (tertiary/aromatic N) is 1. The summed E-state index contributed by atoms with van der Waals surface area (Å²) in [5.41, 5.74) is 2.22. The summed E-state index contributed by atoms with van der Waals surface area (Å²) in [7, 11) is 0. The van der Waals surface area contributed by atoms with E-state index in [0.29, 0.717) is 10.7 Å². The van der Waals surface area contributed by atoms with Crippen molar-refractivity contribution in [1.82, 2.24) is 4.98 Å². The average Bonchev–Trinajstić information content (AvgIpc) is 2.39. The van der Waals surface area contributed by atoms with Gasteiger partial charge in [-0.25, -0.2) is 0 Å². The van der Waals surface area contributed by atoms with Crippen LogP contribution in [0.2, 0.25) is 5.02 Å². The van der Waals surface area contributed by atoms with Gasteiger partial charge in [-0.2, -0.15) is 0 Å². The smallest absolute Gasteiger partial charge is 0.168 e. The van der Waals surface area contributed by atoms with Crippen LogP contribution in [0.5, 0.6) is 0 Å². The summed E-state index contributed by atoms with van der Waals surface area (Å²) in [6, 6.07) is 11.4. The number of aldehydes is 1. The largest absolute Gasteiger partial charge is 0.296 e. The third-order valence-electron chi connectivity index (χ3n) is 3.19. The van der Waals surface area contributed by atoms with Gasteiger partial charge in [0.25, 0.3) is 0 Å². The van der Waals surface area contributed by atoms with Crippen LogP contribution in [-0.2, 0) is 5.41 Å². The highest BCUT2D eigenvalue weighted by molar-refractivity contribution is 6.30. The Morgan fingerprint density at radius 1 is 1.17 bits per heavy atom. The Morgan fingerprint density at radius 3 is 2.44 bits per heavy atom. The van der Waals surface area contributed by atoms with Crippen molar-refractivity contribution < 1.29 is 4.79 Å². The summed E-state index contributed by atoms with van der Waals surface area (Å²) in [5.74, 6) is 0. The minimum Gasteiger partial charge on any atom is -0.296 e. The minimum absolute atomic E-state index is 0.283. The van der Waals surface area contributed by atoms with Crippen molar-refractivity contribution in [2.24, 2.45) is 0 Å². The maximum Gasteiger partial charge on any atom is 0.168 e. The number of benzene rings is 1. The van der Waals surface area contributed by atoms with Crippen LogP contribution >= 0.6 is 11.6 Å². The van der Waals surface area contributed by atoms with Gasteiger partial charge in [0, 0.05) is 16.6 Å². The summed E-state index contributed by atoms with van der Waals surface area (Å²) in [6.45, 7) is 4.14. The number of hydrogen-bond acceptors (Lipinski definition) is 2. The van der Waals surface area contributed by atoms with Crippen molar-refractivity contribution in [2.45, 2.75) is 19.3 Å². The molecule has 3 heteroatoms. The SMILES string of the molecule is CC(C)(c1ccc(Cl)cc1)c1cccnc1C=O. The second-order valence-electron chi connectivity index (χ2n) is 4.69. The number of aromatic nitrogens is 1. The summed E-state index contributed by atoms with van der Waals surface area (Å²) < 4.78 is 0. The molecule has 0 aliphatic carbocycles. The van der Waals surface area contributed by atoms with E-state index in [4.69, 9.17) is 11.6 Å². The van der Waals surface area contributed by atoms with Crippen molar-refractivity contribution in [2.75, 3.05) is 0 Å². The highest BCUT2D eigenvalue weighted by Crippen LogP contribution is 2.32. The Morgan fingerprint density at radius 2 is 1.83 bits per heavy atom. The molecular weight excluding hydrogens is 246 g/mol. The van der Waals surface area contributed by atoms with Crippen LogP contribution in [-0.4, -0.2) is 11.3 Å². The quantitative estimate of drug-likeness (QED) is 0.783. The van der Waals surface area contributed by atoms with E-state index in [9.17, 15) is 4.79 Å². The Balaban J connectivity index is 2.53. The van der Waals surface area contributed by atoms with E-state index in [0.717, 1.165) is 17.4 Å². The molecule has 2 nitrogen and oxygen atoms in total. The molecule has 0 amide bonds. The lowest BCUT2D eigenvalue weighted by atomic mass is 9.77. The second kappa shape index (κ2) is 4.91. The number of rotatable bonds is 3. The fourth-order valence-electron chi connectivity index (χ4n) is 2.06. The van der Waals surface area contributed by atoms with Gasteiger partial charge in [0.05, 0.1) is 0 Å². The van der Waals surface area contributed by atoms with Crippen LogP contribution in [0.4, 0.5) is 0 Å². The standard InChI is InChI=1S/C15H14ClNO/c1-15(2,11-5-7-12(16)8-6-11)13-4-3-9-17-14(13)10-18/h3-10H,1-2H3. The number of carbonyl (C=O) groups is 1. The molecule has 0 fully saturated rings. The molecule has 0 aliphatic rings. The minimum atomic E-state index is -0.283. The van der Waals surface area contributed by atoms with Gasteiger partial charge in [0.1, 0.15) is 5.69 Å². The van der Waals surface area contributed by atoms with Gasteiger partial charge in [-0.15, -0.1) is 0 Å². The van der Waals surface area contributed by atoms with Crippen LogP contribution in [0, 0.1) is 0 Å². The van der Waals surface area contributed by atoms with Crippen LogP contribution in [0.3, 0.4) is 0 Å². The maximum absolute atomic E-state index is 11.1. The molecule has 0 saturated carbocycles. The van der Waals surface area contributed by atoms with Gasteiger partial charge in [-0.3, -0.25) is 9.78 Å². The molecule has 0 bridgehead atoms. The number of pyridine rings is 1. The molecule has 0 aliphatic heterocycles. The topological polar surface area (TPSA) is 30.0 Å². The molecule has 0 radical (unpaired) electrons. The van der Waals surface area contributed by atoms with Gasteiger partial charge in [0.2, 0.25) is 0 Å². The lowest BCUT2D eigenvalue weighted by Gasteiger charge is -2.26. The fourth-order valence-corrected chi connectivity index (χ4v) is 2.19. The molecule has 0 atom stereocenters. The highest BCUT2D eigenvalue weighted by atomic mass is 35.5. The third-order valence-corrected chi connectivity index (χ3v) is 3.44. The number of carbonyl (C=O) groups excluding carboxylic acids is 1. The Labute approximate surface area is 112 Å². The zero-order valence-electron chi connectivity index (χ0n) is 10.4. The highest BCUT2D eigenvalue weighted by Gasteiger charge is 2.26. The number of halogens is 1. The van der Waals surface area contributed by atoms with Gasteiger partial charge >= 0.3 is 0 Å². The third kappa shape index (κ3) is 2.29. The van der Waals surface area contributed by atoms with Crippen LogP contribution < -0.4 is 0 Å². The van der Waals surface area contributed by atoms with E-state index < -0.39 is 0 Å². The molecule has 0 N–H and O–H groups in total. The molecule has 0 saturated heterocycles. The van der Waals surface area contributed by atoms with E-state index in [1.54, 1.807) is 6.20 Å². The average molecular weight is 260 g/mol. The first-order chi connectivity index (χ1) is 8.55. The van der Waals surface area contributed by atoms with E-state index >= 15 is 0 Å². The van der Waals surface area contributed by atoms with Crippen LogP contribution in [0.15, 0.2) is 42.6 Å². The van der Waals surface area contributed by atoms with E-state index in [-0.39, 0.29) is 5.41 Å². The summed E-state index contributed by atoms with van der Waals surface area (Å²) in [5, 5.41) is 0.705. The van der Waals surface area contributed by atoms with E-state index in [1.165, 1.54) is 0 Å². The number of hydrogen-bond donors (Lipinski definition) is 0. The Hall–Kier alpha value is -1.67. The molecule has 1 aromatic carbocycles. The molecule has 2 aromatic rings. The zero-order valence-corrected chi connectivity index (χ0v) is 11.1. The zero-order chi connectivity index (χ0) is 13.2. The van der Waals surface area contributed by atoms with Gasteiger partial charge in [0.15, 0.2) is 6.29 Å². The Kier molecular flexibility index (Phi) is 3.48. The van der Waals surface area contributed by atoms with E-state index in [2.05, 4.69) is 18.8 Å². The summed E-state index contributed by atoms with van der Waals surface area (Å²) >= 11 is 5.90. The molecular formula is C15H14ClNO. The van der Waals surface area contributed by atoms with Gasteiger partial charge in [-0.1, -0.05) is 43.6 Å². The predicted octanol–water partition coefficient (Wildman–Crippen LogP) is 3.87. The van der Waals surface area contributed by atoms with Crippen molar-refractivity contribution >= 4 is 17.9 Å². The first kappa shape index (κ1) is 12.8. The second-order valence-corrected chi connectivity index (χ2v) is 5.12. The predicted molar refractivity (Wildman–Crippen MR) is 73.2 cm³/mol. The molecule has 2 rings (SSSR count). The lowest BCUT2D eigenvalue weighted by Crippen LogP contribution is -2.21. The molecule has 92 valence electrons. The van der Waals surface area contributed by atoms with E-state index in [1.807, 2.05) is 36.4 Å². The molecule has 0 spiro atoms. The first-order valence-corrected chi connectivity index (χ1v) is 6.10. The van der Waals surface area contributed by atoms with Gasteiger partial charge in [-0.05, 0) is 29.3 Å². The fraction of sp³-hybridized carbons (Fsp3) is 0.200. The lowest BCUT2D eigenvalue weighted by molar-refractivity contribution is 0.111. The Bertz CT molecular complexity index is 561. The summed E-state index contributed by atoms with van der Waals surface area (Å²) in [4.78, 5) is 15.2. The van der Waals surface area contributed by atoms with Crippen molar-refractivity contribution in [1.29, 1.82) is 0 Å². The van der Waals surface area contributed by atoms with Crippen molar-refractivity contribution in [3.05, 3.63) is 64.4 Å². The van der Waals surface area contributed by atoms with Crippen molar-refractivity contribution in [3.63, 3.8) is 0 Å². The maximum atomic E-state index is 11.1. The molecule has 1 heterocycles. The molecule has 18 heavy (non-hydrogen) atoms.